The molecule has 0 heterocycles. The molecule has 16 heavy (non-hydrogen) atoms. The second-order valence-electron chi connectivity index (χ2n) is 3.31. The summed E-state index contributed by atoms with van der Waals surface area (Å²) in [5.74, 6) is -0.921. The first-order valence-corrected chi connectivity index (χ1v) is 5.27. The van der Waals surface area contributed by atoms with Crippen molar-refractivity contribution in [3.8, 4) is 0 Å². The zero-order valence-electron chi connectivity index (χ0n) is 8.88. The molecule has 0 aromatic heterocycles. The van der Waals surface area contributed by atoms with E-state index in [4.69, 9.17) is 17.3 Å². The van der Waals surface area contributed by atoms with Gasteiger partial charge in [-0.15, -0.1) is 0 Å². The van der Waals surface area contributed by atoms with Gasteiger partial charge in [-0.05, 0) is 18.6 Å². The highest BCUT2D eigenvalue weighted by molar-refractivity contribution is 7.80. The van der Waals surface area contributed by atoms with E-state index in [9.17, 15) is 4.79 Å². The second-order valence-corrected chi connectivity index (χ2v) is 3.75. The maximum Gasteiger partial charge on any atom is 0.325 e. The molecule has 1 rings (SSSR count). The molecule has 0 aliphatic heterocycles. The lowest BCUT2D eigenvalue weighted by Gasteiger charge is -2.08. The minimum absolute atomic E-state index is 0.416. The standard InChI is InChI=1S/C12H13NO2S/c1-9(12(14)15)13-11(16)8-7-10-5-3-2-4-6-10/h2-9H,1H3,(H,13,16)(H,14,15)/b8-7-/t9-/m1/s1. The predicted octanol–water partition coefficient (Wildman–Crippen LogP) is 2.09. The van der Waals surface area contributed by atoms with E-state index in [0.717, 1.165) is 5.56 Å². The fraction of sp³-hybridized carbons (Fsp3) is 0.167. The van der Waals surface area contributed by atoms with E-state index in [2.05, 4.69) is 5.32 Å². The van der Waals surface area contributed by atoms with Gasteiger partial charge in [-0.25, -0.2) is 0 Å². The van der Waals surface area contributed by atoms with Crippen molar-refractivity contribution >= 4 is 29.3 Å². The molecule has 0 saturated carbocycles. The van der Waals surface area contributed by atoms with Crippen LogP contribution in [0.15, 0.2) is 36.4 Å². The molecule has 1 aromatic carbocycles. The van der Waals surface area contributed by atoms with Crippen LogP contribution >= 0.6 is 12.2 Å². The molecule has 0 fully saturated rings. The Hall–Kier alpha value is -1.68. The van der Waals surface area contributed by atoms with Gasteiger partial charge in [0.2, 0.25) is 0 Å². The number of benzene rings is 1. The van der Waals surface area contributed by atoms with Gasteiger partial charge >= 0.3 is 5.97 Å². The Balaban J connectivity index is 2.52. The third kappa shape index (κ3) is 4.23. The molecule has 0 spiro atoms. The molecule has 0 aliphatic rings. The average Bonchev–Trinajstić information content (AvgIpc) is 2.27. The second kappa shape index (κ2) is 6.02. The Morgan fingerprint density at radius 2 is 2.06 bits per heavy atom. The Morgan fingerprint density at radius 1 is 1.44 bits per heavy atom. The highest BCUT2D eigenvalue weighted by Gasteiger charge is 2.09. The summed E-state index contributed by atoms with van der Waals surface area (Å²) in [7, 11) is 0. The number of carboxylic acid groups (broad SMARTS) is 1. The number of hydrogen-bond acceptors (Lipinski definition) is 2. The molecule has 0 radical (unpaired) electrons. The molecule has 1 aromatic rings. The van der Waals surface area contributed by atoms with Gasteiger partial charge in [-0.3, -0.25) is 4.79 Å². The molecule has 84 valence electrons. The van der Waals surface area contributed by atoms with E-state index in [-0.39, 0.29) is 0 Å². The van der Waals surface area contributed by atoms with E-state index < -0.39 is 12.0 Å². The maximum absolute atomic E-state index is 10.6. The summed E-state index contributed by atoms with van der Waals surface area (Å²) in [5.41, 5.74) is 1.02. The summed E-state index contributed by atoms with van der Waals surface area (Å²) >= 11 is 4.99. The van der Waals surface area contributed by atoms with Crippen molar-refractivity contribution < 1.29 is 9.90 Å². The van der Waals surface area contributed by atoms with Gasteiger partial charge in [0.05, 0.1) is 4.99 Å². The van der Waals surface area contributed by atoms with Gasteiger partial charge in [0.25, 0.3) is 0 Å². The van der Waals surface area contributed by atoms with Crippen LogP contribution in [0.4, 0.5) is 0 Å². The van der Waals surface area contributed by atoms with Crippen LogP contribution in [0.25, 0.3) is 6.08 Å². The SMILES string of the molecule is C[C@@H](NC(=S)/C=C\c1ccccc1)C(=O)O. The lowest BCUT2D eigenvalue weighted by molar-refractivity contribution is -0.138. The molecule has 0 unspecified atom stereocenters. The average molecular weight is 235 g/mol. The monoisotopic (exact) mass is 235 g/mol. The lowest BCUT2D eigenvalue weighted by Crippen LogP contribution is -2.36. The van der Waals surface area contributed by atoms with Gasteiger partial charge in [0.1, 0.15) is 6.04 Å². The van der Waals surface area contributed by atoms with Crippen LogP contribution in [0, 0.1) is 0 Å². The minimum Gasteiger partial charge on any atom is -0.480 e. The minimum atomic E-state index is -0.921. The van der Waals surface area contributed by atoms with Crippen LogP contribution in [0.2, 0.25) is 0 Å². The molecule has 0 amide bonds. The number of carboxylic acids is 1. The van der Waals surface area contributed by atoms with Gasteiger partial charge < -0.3 is 10.4 Å². The van der Waals surface area contributed by atoms with Crippen LogP contribution in [-0.2, 0) is 4.79 Å². The van der Waals surface area contributed by atoms with Crippen molar-refractivity contribution in [3.63, 3.8) is 0 Å². The first kappa shape index (κ1) is 12.4. The van der Waals surface area contributed by atoms with Crippen LogP contribution < -0.4 is 5.32 Å². The Morgan fingerprint density at radius 3 is 2.62 bits per heavy atom. The fourth-order valence-corrected chi connectivity index (χ4v) is 1.30. The smallest absolute Gasteiger partial charge is 0.325 e. The topological polar surface area (TPSA) is 49.3 Å². The summed E-state index contributed by atoms with van der Waals surface area (Å²) in [6.07, 6.45) is 3.52. The highest BCUT2D eigenvalue weighted by atomic mass is 32.1. The summed E-state index contributed by atoms with van der Waals surface area (Å²) in [5, 5.41) is 11.4. The molecular formula is C12H13NO2S. The summed E-state index contributed by atoms with van der Waals surface area (Å²) in [6, 6.07) is 9.00. The fourth-order valence-electron chi connectivity index (χ4n) is 1.06. The Bertz CT molecular complexity index is 401. The molecule has 4 heteroatoms. The quantitative estimate of drug-likeness (QED) is 0.620. The number of hydrogen-bond donors (Lipinski definition) is 2. The first-order valence-electron chi connectivity index (χ1n) is 4.86. The van der Waals surface area contributed by atoms with Gasteiger partial charge in [0, 0.05) is 0 Å². The normalized spacial score (nSPS) is 12.3. The number of rotatable bonds is 4. The zero-order valence-corrected chi connectivity index (χ0v) is 9.70. The van der Waals surface area contributed by atoms with Crippen molar-refractivity contribution in [3.05, 3.63) is 42.0 Å². The number of carbonyl (C=O) groups is 1. The van der Waals surface area contributed by atoms with E-state index in [0.29, 0.717) is 4.99 Å². The van der Waals surface area contributed by atoms with Crippen molar-refractivity contribution in [2.45, 2.75) is 13.0 Å². The summed E-state index contributed by atoms with van der Waals surface area (Å²) < 4.78 is 0. The molecule has 0 aliphatic carbocycles. The number of nitrogens with one attached hydrogen (secondary N) is 1. The third-order valence-electron chi connectivity index (χ3n) is 1.96. The lowest BCUT2D eigenvalue weighted by atomic mass is 10.2. The molecule has 2 N–H and O–H groups in total. The number of thiocarbonyl (C=S) groups is 1. The summed E-state index contributed by atoms with van der Waals surface area (Å²) in [6.45, 7) is 1.55. The molecule has 1 atom stereocenters. The molecule has 0 bridgehead atoms. The van der Waals surface area contributed by atoms with Crippen LogP contribution in [0.1, 0.15) is 12.5 Å². The maximum atomic E-state index is 10.6. The number of aliphatic carboxylic acids is 1. The van der Waals surface area contributed by atoms with Gasteiger partial charge in [-0.2, -0.15) is 0 Å². The van der Waals surface area contributed by atoms with Crippen molar-refractivity contribution in [2.75, 3.05) is 0 Å². The van der Waals surface area contributed by atoms with E-state index in [1.54, 1.807) is 13.0 Å². The largest absolute Gasteiger partial charge is 0.480 e. The van der Waals surface area contributed by atoms with Crippen LogP contribution in [0.5, 0.6) is 0 Å². The van der Waals surface area contributed by atoms with Crippen LogP contribution in [0.3, 0.4) is 0 Å². The van der Waals surface area contributed by atoms with E-state index >= 15 is 0 Å². The zero-order chi connectivity index (χ0) is 12.0. The van der Waals surface area contributed by atoms with Crippen LogP contribution in [-0.4, -0.2) is 22.1 Å². The molecule has 3 nitrogen and oxygen atoms in total. The third-order valence-corrected chi connectivity index (χ3v) is 2.21. The Kier molecular flexibility index (Phi) is 4.66. The Labute approximate surface area is 99.8 Å². The van der Waals surface area contributed by atoms with Crippen molar-refractivity contribution in [1.29, 1.82) is 0 Å². The van der Waals surface area contributed by atoms with E-state index in [1.807, 2.05) is 36.4 Å². The van der Waals surface area contributed by atoms with Crippen molar-refractivity contribution in [2.24, 2.45) is 0 Å². The molecular weight excluding hydrogens is 222 g/mol. The predicted molar refractivity (Wildman–Crippen MR) is 68.3 cm³/mol. The van der Waals surface area contributed by atoms with Crippen molar-refractivity contribution in [1.82, 2.24) is 5.32 Å². The highest BCUT2D eigenvalue weighted by Crippen LogP contribution is 2.00. The van der Waals surface area contributed by atoms with Gasteiger partial charge in [0.15, 0.2) is 0 Å². The van der Waals surface area contributed by atoms with Gasteiger partial charge in [-0.1, -0.05) is 48.6 Å². The van der Waals surface area contributed by atoms with E-state index in [1.165, 1.54) is 0 Å². The molecule has 0 saturated heterocycles. The first-order chi connectivity index (χ1) is 7.59. The summed E-state index contributed by atoms with van der Waals surface area (Å²) in [4.78, 5) is 11.0.